The molecule has 9 atom stereocenters. The van der Waals surface area contributed by atoms with E-state index in [-0.39, 0.29) is 33.4 Å². The third-order valence-corrected chi connectivity index (χ3v) is 12.6. The van der Waals surface area contributed by atoms with Crippen molar-refractivity contribution in [2.75, 3.05) is 17.8 Å². The van der Waals surface area contributed by atoms with Crippen LogP contribution in [-0.4, -0.2) is 80.7 Å². The van der Waals surface area contributed by atoms with E-state index in [0.29, 0.717) is 5.92 Å². The summed E-state index contributed by atoms with van der Waals surface area (Å²) in [5, 5.41) is 26.9. The van der Waals surface area contributed by atoms with Crippen LogP contribution in [-0.2, 0) is 13.9 Å². The van der Waals surface area contributed by atoms with Gasteiger partial charge < -0.3 is 34.9 Å². The molecule has 4 aliphatic carbocycles. The number of imidazole rings is 1. The Morgan fingerprint density at radius 1 is 1.07 bits per heavy atom. The average Bonchev–Trinajstić information content (AvgIpc) is 3.29. The van der Waals surface area contributed by atoms with Crippen molar-refractivity contribution >= 4 is 32.1 Å². The van der Waals surface area contributed by atoms with Crippen LogP contribution >= 0.6 is 15.1 Å². The molecule has 7 rings (SSSR count). The lowest BCUT2D eigenvalue weighted by Gasteiger charge is -2.65. The van der Waals surface area contributed by atoms with Crippen molar-refractivity contribution in [2.45, 2.75) is 82.5 Å². The van der Waals surface area contributed by atoms with Gasteiger partial charge >= 0.3 is 13.7 Å². The molecule has 3 heterocycles. The molecule has 0 spiro atoms. The summed E-state index contributed by atoms with van der Waals surface area (Å²) in [5.41, 5.74) is 0.478. The standard InChI is InChI=1S/C23H35FN6O8P2/c1-21-3-12-4-22(2,7-21)9-23(5-12,8-21)29-17-14-18(28-20(24)27-17)30(10-25-14)19-16(32)15(31)13(38-19)6-26-39(33,34)11-40(35,36)37/h10,12-13,15-16,19,31-32H,3-9,11H2,1-2H3,(H2,26,33,34)(H,27,28,29)(H2,35,36,37)/t12-,13?,15?,16?,19?,21+,22-,23-. The average molecular weight is 605 g/mol. The Morgan fingerprint density at radius 2 is 1.75 bits per heavy atom. The predicted molar refractivity (Wildman–Crippen MR) is 140 cm³/mol. The molecule has 2 aromatic heterocycles. The van der Waals surface area contributed by atoms with Crippen LogP contribution in [0.3, 0.4) is 0 Å². The summed E-state index contributed by atoms with van der Waals surface area (Å²) in [7, 11) is -9.26. The van der Waals surface area contributed by atoms with Gasteiger partial charge in [-0.3, -0.25) is 13.7 Å². The van der Waals surface area contributed by atoms with E-state index in [0.717, 1.165) is 19.3 Å². The minimum Gasteiger partial charge on any atom is -0.387 e. The number of nitrogens with one attached hydrogen (secondary N) is 2. The van der Waals surface area contributed by atoms with Crippen LogP contribution in [0.5, 0.6) is 0 Å². The van der Waals surface area contributed by atoms with Crippen molar-refractivity contribution in [1.82, 2.24) is 24.6 Å². The minimum absolute atomic E-state index is 0.0383. The number of nitrogens with zero attached hydrogens (tertiary/aromatic N) is 4. The summed E-state index contributed by atoms with van der Waals surface area (Å²) in [4.78, 5) is 40.2. The molecule has 2 aromatic rings. The van der Waals surface area contributed by atoms with Crippen LogP contribution in [0.15, 0.2) is 6.33 Å². The molecule has 1 aliphatic heterocycles. The molecule has 0 amide bonds. The molecule has 5 unspecified atom stereocenters. The van der Waals surface area contributed by atoms with Crippen LogP contribution in [0, 0.1) is 22.8 Å². The summed E-state index contributed by atoms with van der Waals surface area (Å²) in [5.74, 6) is -0.461. The number of fused-ring (bicyclic) bond motifs is 1. The Kier molecular flexibility index (Phi) is 6.59. The molecule has 1 saturated heterocycles. The highest BCUT2D eigenvalue weighted by molar-refractivity contribution is 7.71. The zero-order chi connectivity index (χ0) is 28.9. The highest BCUT2D eigenvalue weighted by Crippen LogP contribution is 2.67. The maximum absolute atomic E-state index is 14.8. The highest BCUT2D eigenvalue weighted by Gasteiger charge is 2.60. The molecule has 7 N–H and O–H groups in total. The van der Waals surface area contributed by atoms with Crippen molar-refractivity contribution in [1.29, 1.82) is 0 Å². The van der Waals surface area contributed by atoms with Crippen molar-refractivity contribution in [3.8, 4) is 0 Å². The summed E-state index contributed by atoms with van der Waals surface area (Å²) in [6.07, 6.45) is 1.13. The maximum Gasteiger partial charge on any atom is 0.336 e. The van der Waals surface area contributed by atoms with Crippen LogP contribution in [0.4, 0.5) is 10.2 Å². The molecule has 5 fully saturated rings. The lowest BCUT2D eigenvalue weighted by molar-refractivity contribution is -0.0973. The summed E-state index contributed by atoms with van der Waals surface area (Å²) < 4.78 is 45.0. The number of aliphatic hydroxyl groups is 2. The fourth-order valence-electron chi connectivity index (χ4n) is 8.66. The smallest absolute Gasteiger partial charge is 0.336 e. The highest BCUT2D eigenvalue weighted by atomic mass is 31.2. The van der Waals surface area contributed by atoms with Crippen molar-refractivity contribution in [2.24, 2.45) is 16.7 Å². The van der Waals surface area contributed by atoms with Crippen LogP contribution in [0.2, 0.25) is 0 Å². The van der Waals surface area contributed by atoms with Gasteiger partial charge in [0.1, 0.15) is 24.2 Å². The molecule has 222 valence electrons. The number of aromatic nitrogens is 4. The molecular weight excluding hydrogens is 569 g/mol. The summed E-state index contributed by atoms with van der Waals surface area (Å²) in [6.45, 7) is 4.16. The number of hydrogen-bond donors (Lipinski definition) is 7. The Labute approximate surface area is 229 Å². The van der Waals surface area contributed by atoms with E-state index in [1.54, 1.807) is 0 Å². The third-order valence-electron chi connectivity index (χ3n) is 8.93. The molecule has 0 aromatic carbocycles. The van der Waals surface area contributed by atoms with E-state index in [1.807, 2.05) is 0 Å². The van der Waals surface area contributed by atoms with Gasteiger partial charge in [0.15, 0.2) is 23.2 Å². The van der Waals surface area contributed by atoms with E-state index in [4.69, 9.17) is 14.5 Å². The second-order valence-corrected chi connectivity index (χ2v) is 17.3. The Bertz CT molecular complexity index is 1420. The van der Waals surface area contributed by atoms with E-state index in [9.17, 15) is 28.6 Å². The SMILES string of the molecule is C[C@]12C[C@@H]3C[C@](C)(C1)C[C@@](Nc1nc(F)nc4c1ncn4C1OC(CNP(=O)(O)CP(=O)(O)O)C(O)C1O)(C3)C2. The fraction of sp³-hybridized carbons (Fsp3) is 0.783. The number of hydrogen-bond acceptors (Lipinski definition) is 9. The number of aliphatic hydroxyl groups excluding tert-OH is 2. The van der Waals surface area contributed by atoms with Gasteiger partial charge in [0, 0.05) is 12.1 Å². The second-order valence-electron chi connectivity index (χ2n) is 13.1. The third kappa shape index (κ3) is 5.25. The lowest BCUT2D eigenvalue weighted by atomic mass is 9.43. The first-order valence-corrected chi connectivity index (χ1v) is 16.9. The fourth-order valence-corrected chi connectivity index (χ4v) is 11.5. The number of rotatable bonds is 8. The van der Waals surface area contributed by atoms with Crippen molar-refractivity contribution in [3.63, 3.8) is 0 Å². The zero-order valence-corrected chi connectivity index (χ0v) is 23.9. The first-order valence-electron chi connectivity index (χ1n) is 13.3. The molecule has 40 heavy (non-hydrogen) atoms. The van der Waals surface area contributed by atoms with Crippen molar-refractivity contribution < 1.29 is 43.2 Å². The van der Waals surface area contributed by atoms with Gasteiger partial charge in [0.05, 0.1) is 6.33 Å². The van der Waals surface area contributed by atoms with Gasteiger partial charge in [-0.05, 0) is 55.3 Å². The molecular formula is C23H35FN6O8P2. The van der Waals surface area contributed by atoms with Gasteiger partial charge in [0.25, 0.3) is 7.52 Å². The quantitative estimate of drug-likeness (QED) is 0.169. The van der Waals surface area contributed by atoms with Crippen molar-refractivity contribution in [3.05, 3.63) is 12.4 Å². The van der Waals surface area contributed by atoms with Gasteiger partial charge in [-0.2, -0.15) is 14.4 Å². The molecule has 14 nitrogen and oxygen atoms in total. The minimum atomic E-state index is -4.79. The number of ether oxygens (including phenoxy) is 1. The Balaban J connectivity index is 1.25. The molecule has 4 saturated carbocycles. The van der Waals surface area contributed by atoms with Gasteiger partial charge in [-0.25, -0.2) is 10.1 Å². The predicted octanol–water partition coefficient (Wildman–Crippen LogP) is 1.66. The van der Waals surface area contributed by atoms with Crippen LogP contribution in [0.25, 0.3) is 11.2 Å². The second kappa shape index (κ2) is 9.23. The Morgan fingerprint density at radius 3 is 2.38 bits per heavy atom. The van der Waals surface area contributed by atoms with Gasteiger partial charge in [-0.15, -0.1) is 0 Å². The van der Waals surface area contributed by atoms with Gasteiger partial charge in [0.2, 0.25) is 0 Å². The summed E-state index contributed by atoms with van der Waals surface area (Å²) >= 11 is 0. The lowest BCUT2D eigenvalue weighted by Crippen LogP contribution is -2.61. The molecule has 5 aliphatic rings. The number of halogens is 1. The maximum atomic E-state index is 14.8. The van der Waals surface area contributed by atoms with E-state index < -0.39 is 58.2 Å². The first kappa shape index (κ1) is 28.6. The van der Waals surface area contributed by atoms with E-state index in [2.05, 4.69) is 39.2 Å². The zero-order valence-electron chi connectivity index (χ0n) is 22.1. The largest absolute Gasteiger partial charge is 0.387 e. The monoisotopic (exact) mass is 604 g/mol. The van der Waals surface area contributed by atoms with E-state index in [1.165, 1.54) is 30.2 Å². The van der Waals surface area contributed by atoms with Crippen LogP contribution < -0.4 is 10.4 Å². The molecule has 17 heteroatoms. The molecule has 0 radical (unpaired) electrons. The normalized spacial score (nSPS) is 40.5. The molecule has 4 bridgehead atoms. The topological polar surface area (TPSA) is 212 Å². The number of anilines is 1. The van der Waals surface area contributed by atoms with E-state index >= 15 is 0 Å². The van der Waals surface area contributed by atoms with Gasteiger partial charge in [-0.1, -0.05) is 13.8 Å². The van der Waals surface area contributed by atoms with Crippen LogP contribution in [0.1, 0.15) is 58.6 Å². The summed E-state index contributed by atoms with van der Waals surface area (Å²) in [6, 6.07) is 0. The Hall–Kier alpha value is -1.54. The first-order chi connectivity index (χ1) is 18.5.